The molecule has 7 heteroatoms. The highest BCUT2D eigenvalue weighted by atomic mass is 35.5. The minimum absolute atomic E-state index is 0.00626. The van der Waals surface area contributed by atoms with Crippen molar-refractivity contribution >= 4 is 23.1 Å². The van der Waals surface area contributed by atoms with E-state index in [-0.39, 0.29) is 11.3 Å². The van der Waals surface area contributed by atoms with E-state index in [1.807, 2.05) is 19.9 Å². The van der Waals surface area contributed by atoms with Gasteiger partial charge in [0.1, 0.15) is 18.3 Å². The molecular formula is C24H31ClN3O3+. The standard InChI is InChI=1S/C24H30ClN3O3/c1-15-14-28(15,20-6-9-31-10-7-20)22-12-19(25)11-21(16(22)2)23(29)17(3)27-13-18-5-4-8-26-24(18)30/h4-5,8,11-12,15,17,20,27H,6-7,9-10,13-14H2,1-3H3/p+1. The molecule has 2 N–H and O–H groups in total. The molecule has 166 valence electrons. The summed E-state index contributed by atoms with van der Waals surface area (Å²) in [5.74, 6) is -0.00626. The molecule has 4 rings (SSSR count). The highest BCUT2D eigenvalue weighted by Crippen LogP contribution is 2.47. The molecule has 3 atom stereocenters. The van der Waals surface area contributed by atoms with E-state index in [1.165, 1.54) is 5.69 Å². The lowest BCUT2D eigenvalue weighted by atomic mass is 9.96. The van der Waals surface area contributed by atoms with Crippen LogP contribution < -0.4 is 15.4 Å². The molecule has 2 aromatic rings. The van der Waals surface area contributed by atoms with Gasteiger partial charge >= 0.3 is 0 Å². The Morgan fingerprint density at radius 3 is 2.71 bits per heavy atom. The first kappa shape index (κ1) is 22.2. The topological polar surface area (TPSA) is 71.2 Å². The van der Waals surface area contributed by atoms with Crippen LogP contribution in [0.3, 0.4) is 0 Å². The molecule has 2 aliphatic heterocycles. The van der Waals surface area contributed by atoms with Crippen molar-refractivity contribution in [3.63, 3.8) is 0 Å². The van der Waals surface area contributed by atoms with Crippen molar-refractivity contribution in [1.29, 1.82) is 0 Å². The summed E-state index contributed by atoms with van der Waals surface area (Å²) < 4.78 is 6.49. The summed E-state index contributed by atoms with van der Waals surface area (Å²) >= 11 is 6.53. The Hall–Kier alpha value is -1.99. The number of carbonyl (C=O) groups is 1. The lowest BCUT2D eigenvalue weighted by molar-refractivity contribution is 0.0624. The average molecular weight is 445 g/mol. The minimum atomic E-state index is -0.437. The van der Waals surface area contributed by atoms with Crippen LogP contribution in [0.15, 0.2) is 35.3 Å². The maximum atomic E-state index is 13.3. The van der Waals surface area contributed by atoms with Crippen molar-refractivity contribution in [2.75, 3.05) is 19.8 Å². The van der Waals surface area contributed by atoms with E-state index in [0.29, 0.717) is 34.8 Å². The lowest BCUT2D eigenvalue weighted by Crippen LogP contribution is -2.45. The zero-order valence-electron chi connectivity index (χ0n) is 18.4. The summed E-state index contributed by atoms with van der Waals surface area (Å²) in [5.41, 5.74) is 3.30. The van der Waals surface area contributed by atoms with Gasteiger partial charge in [-0.3, -0.25) is 14.1 Å². The molecule has 0 aliphatic carbocycles. The Bertz CT molecular complexity index is 1030. The van der Waals surface area contributed by atoms with Crippen LogP contribution >= 0.6 is 11.6 Å². The second-order valence-electron chi connectivity index (χ2n) is 8.89. The number of halogens is 1. The molecule has 0 saturated carbocycles. The summed E-state index contributed by atoms with van der Waals surface area (Å²) in [5, 5.41) is 3.79. The number of rotatable bonds is 7. The number of H-pyrrole nitrogens is 1. The second kappa shape index (κ2) is 8.87. The van der Waals surface area contributed by atoms with Crippen molar-refractivity contribution < 1.29 is 9.53 Å². The van der Waals surface area contributed by atoms with Crippen molar-refractivity contribution in [3.8, 4) is 0 Å². The Balaban J connectivity index is 1.59. The number of ether oxygens (including phenoxy) is 1. The van der Waals surface area contributed by atoms with Gasteiger partial charge in [0.15, 0.2) is 5.78 Å². The van der Waals surface area contributed by atoms with Gasteiger partial charge in [0.25, 0.3) is 5.56 Å². The first-order valence-electron chi connectivity index (χ1n) is 11.0. The number of nitrogens with one attached hydrogen (secondary N) is 2. The number of benzene rings is 1. The highest BCUT2D eigenvalue weighted by Gasteiger charge is 2.59. The minimum Gasteiger partial charge on any atom is -0.381 e. The Morgan fingerprint density at radius 1 is 1.35 bits per heavy atom. The van der Waals surface area contributed by atoms with Crippen LogP contribution in [-0.4, -0.2) is 48.7 Å². The van der Waals surface area contributed by atoms with Crippen LogP contribution in [0.1, 0.15) is 48.2 Å². The monoisotopic (exact) mass is 444 g/mol. The summed E-state index contributed by atoms with van der Waals surface area (Å²) in [4.78, 5) is 27.9. The third kappa shape index (κ3) is 4.22. The van der Waals surface area contributed by atoms with E-state index >= 15 is 0 Å². The summed E-state index contributed by atoms with van der Waals surface area (Å²) in [6.07, 6.45) is 3.66. The van der Waals surface area contributed by atoms with Gasteiger partial charge in [-0.2, -0.15) is 0 Å². The predicted octanol–water partition coefficient (Wildman–Crippen LogP) is 3.59. The van der Waals surface area contributed by atoms with Crippen LogP contribution in [0.5, 0.6) is 0 Å². The van der Waals surface area contributed by atoms with Crippen LogP contribution in [0.2, 0.25) is 5.02 Å². The molecule has 6 nitrogen and oxygen atoms in total. The molecule has 2 saturated heterocycles. The number of Topliss-reactive ketones (excluding diaryl/α,β-unsaturated/α-hetero) is 1. The van der Waals surface area contributed by atoms with E-state index in [0.717, 1.165) is 42.6 Å². The molecule has 3 unspecified atom stereocenters. The van der Waals surface area contributed by atoms with Gasteiger partial charge in [-0.1, -0.05) is 17.7 Å². The molecule has 2 fully saturated rings. The number of ketones is 1. The van der Waals surface area contributed by atoms with E-state index in [9.17, 15) is 9.59 Å². The van der Waals surface area contributed by atoms with Crippen molar-refractivity contribution in [3.05, 3.63) is 62.5 Å². The van der Waals surface area contributed by atoms with E-state index < -0.39 is 6.04 Å². The number of hydrogen-bond acceptors (Lipinski definition) is 4. The molecule has 3 heterocycles. The largest absolute Gasteiger partial charge is 0.381 e. The molecular weight excluding hydrogens is 414 g/mol. The van der Waals surface area contributed by atoms with E-state index in [1.54, 1.807) is 24.4 Å². The first-order valence-corrected chi connectivity index (χ1v) is 11.4. The molecule has 0 amide bonds. The number of pyridine rings is 1. The Kier molecular flexibility index (Phi) is 6.35. The van der Waals surface area contributed by atoms with Crippen LogP contribution in [0, 0.1) is 6.92 Å². The van der Waals surface area contributed by atoms with Crippen LogP contribution in [0.25, 0.3) is 0 Å². The fourth-order valence-corrected chi connectivity index (χ4v) is 5.33. The molecule has 0 radical (unpaired) electrons. The second-order valence-corrected chi connectivity index (χ2v) is 9.33. The van der Waals surface area contributed by atoms with E-state index in [4.69, 9.17) is 16.3 Å². The van der Waals surface area contributed by atoms with Crippen LogP contribution in [-0.2, 0) is 11.3 Å². The molecule has 0 bridgehead atoms. The van der Waals surface area contributed by atoms with Gasteiger partial charge < -0.3 is 15.0 Å². The number of quaternary nitrogens is 1. The summed E-state index contributed by atoms with van der Waals surface area (Å²) in [6.45, 7) is 9.14. The first-order chi connectivity index (χ1) is 14.8. The third-order valence-electron chi connectivity index (χ3n) is 7.01. The summed E-state index contributed by atoms with van der Waals surface area (Å²) in [7, 11) is 0. The number of nitrogens with zero attached hydrogens (tertiary/aromatic N) is 1. The SMILES string of the molecule is Cc1c(C(=O)C(C)NCc2ccc[nH]c2=O)cc(Cl)cc1[N+]1(C2CCOCC2)CC1C. The normalized spacial score (nSPS) is 24.7. The van der Waals surface area contributed by atoms with Gasteiger partial charge in [-0.05, 0) is 32.9 Å². The highest BCUT2D eigenvalue weighted by molar-refractivity contribution is 6.31. The summed E-state index contributed by atoms with van der Waals surface area (Å²) in [6, 6.07) is 7.96. The maximum absolute atomic E-state index is 13.3. The van der Waals surface area contributed by atoms with Crippen molar-refractivity contribution in [2.45, 2.75) is 58.3 Å². The molecule has 31 heavy (non-hydrogen) atoms. The quantitative estimate of drug-likeness (QED) is 0.389. The third-order valence-corrected chi connectivity index (χ3v) is 7.23. The van der Waals surface area contributed by atoms with Gasteiger partial charge in [-0.15, -0.1) is 0 Å². The van der Waals surface area contributed by atoms with Crippen molar-refractivity contribution in [2.24, 2.45) is 0 Å². The molecule has 0 spiro atoms. The van der Waals surface area contributed by atoms with E-state index in [2.05, 4.69) is 17.2 Å². The smallest absolute Gasteiger partial charge is 0.252 e. The lowest BCUT2D eigenvalue weighted by Gasteiger charge is -2.34. The van der Waals surface area contributed by atoms with Crippen LogP contribution in [0.4, 0.5) is 5.69 Å². The predicted molar refractivity (Wildman–Crippen MR) is 124 cm³/mol. The molecule has 1 aromatic carbocycles. The van der Waals surface area contributed by atoms with Gasteiger partial charge in [-0.25, -0.2) is 0 Å². The maximum Gasteiger partial charge on any atom is 0.252 e. The van der Waals surface area contributed by atoms with Gasteiger partial charge in [0, 0.05) is 53.4 Å². The number of aromatic nitrogens is 1. The Labute approximate surface area is 188 Å². The fourth-order valence-electron chi connectivity index (χ4n) is 5.12. The molecule has 2 aliphatic rings. The van der Waals surface area contributed by atoms with Crippen molar-refractivity contribution in [1.82, 2.24) is 14.8 Å². The van der Waals surface area contributed by atoms with Gasteiger partial charge in [0.2, 0.25) is 0 Å². The Morgan fingerprint density at radius 2 is 2.06 bits per heavy atom. The zero-order valence-corrected chi connectivity index (χ0v) is 19.2. The van der Waals surface area contributed by atoms with Gasteiger partial charge in [0.05, 0.1) is 25.3 Å². The average Bonchev–Trinajstić information content (AvgIpc) is 3.46. The number of carbonyl (C=O) groups excluding carboxylic acids is 1. The number of aromatic amines is 1. The molecule has 1 aromatic heterocycles. The zero-order chi connectivity index (χ0) is 22.2. The number of hydrogen-bond donors (Lipinski definition) is 2. The fraction of sp³-hybridized carbons (Fsp3) is 0.500.